The number of aryl methyl sites for hydroxylation is 1. The Bertz CT molecular complexity index is 740. The van der Waals surface area contributed by atoms with Gasteiger partial charge in [0.05, 0.1) is 7.11 Å². The van der Waals surface area contributed by atoms with E-state index in [1.807, 2.05) is 19.1 Å². The molecule has 0 spiro atoms. The summed E-state index contributed by atoms with van der Waals surface area (Å²) in [5, 5.41) is 6.35. The van der Waals surface area contributed by atoms with E-state index >= 15 is 0 Å². The molecule has 2 aromatic rings. The van der Waals surface area contributed by atoms with Crippen molar-refractivity contribution in [3.63, 3.8) is 0 Å². The summed E-state index contributed by atoms with van der Waals surface area (Å²) in [6, 6.07) is 13.1. The van der Waals surface area contributed by atoms with Crippen LogP contribution in [0.15, 0.2) is 47.5 Å². The Kier molecular flexibility index (Phi) is 9.84. The van der Waals surface area contributed by atoms with Crippen molar-refractivity contribution in [2.24, 2.45) is 4.99 Å². The van der Waals surface area contributed by atoms with Crippen LogP contribution in [0.4, 0.5) is 8.78 Å². The zero-order valence-corrected chi connectivity index (χ0v) is 17.8. The third kappa shape index (κ3) is 7.58. The van der Waals surface area contributed by atoms with Crippen molar-refractivity contribution in [2.45, 2.75) is 26.6 Å². The Balaban J connectivity index is 0.00000364. The van der Waals surface area contributed by atoms with Gasteiger partial charge in [-0.05, 0) is 30.2 Å². The van der Waals surface area contributed by atoms with E-state index in [-0.39, 0.29) is 35.5 Å². The molecule has 0 fully saturated rings. The van der Waals surface area contributed by atoms with Gasteiger partial charge in [-0.1, -0.05) is 35.9 Å². The van der Waals surface area contributed by atoms with Crippen LogP contribution in [-0.2, 0) is 13.1 Å². The molecule has 8 heteroatoms. The van der Waals surface area contributed by atoms with Crippen molar-refractivity contribution in [3.05, 3.63) is 59.2 Å². The first-order valence-corrected chi connectivity index (χ1v) is 8.13. The fourth-order valence-corrected chi connectivity index (χ4v) is 2.32. The fourth-order valence-electron chi connectivity index (χ4n) is 2.32. The minimum Gasteiger partial charge on any atom is -0.493 e. The van der Waals surface area contributed by atoms with Crippen molar-refractivity contribution in [2.75, 3.05) is 14.2 Å². The maximum Gasteiger partial charge on any atom is 0.387 e. The van der Waals surface area contributed by atoms with Gasteiger partial charge >= 0.3 is 6.61 Å². The van der Waals surface area contributed by atoms with Crippen LogP contribution >= 0.6 is 24.0 Å². The van der Waals surface area contributed by atoms with E-state index in [2.05, 4.69) is 32.5 Å². The Morgan fingerprint density at radius 1 is 1.00 bits per heavy atom. The zero-order chi connectivity index (χ0) is 18.9. The summed E-state index contributed by atoms with van der Waals surface area (Å²) in [7, 11) is 3.08. The van der Waals surface area contributed by atoms with Gasteiger partial charge in [-0.25, -0.2) is 0 Å². The standard InChI is InChI=1S/C19H23F2N3O2.HI/c1-13-4-6-14(7-5-13)11-23-19(22-2)24-12-15-8-9-16(25-3)17(10-15)26-18(20)21;/h4-10,18H,11-12H2,1-3H3,(H2,22,23,24);1H. The minimum absolute atomic E-state index is 0. The highest BCUT2D eigenvalue weighted by molar-refractivity contribution is 14.0. The average Bonchev–Trinajstić information content (AvgIpc) is 2.63. The summed E-state index contributed by atoms with van der Waals surface area (Å²) in [5.74, 6) is 0.873. The van der Waals surface area contributed by atoms with Gasteiger partial charge < -0.3 is 20.1 Å². The maximum absolute atomic E-state index is 12.5. The third-order valence-electron chi connectivity index (χ3n) is 3.71. The smallest absolute Gasteiger partial charge is 0.387 e. The molecular formula is C19H24F2IN3O2. The number of benzene rings is 2. The van der Waals surface area contributed by atoms with Crippen LogP contribution < -0.4 is 20.1 Å². The van der Waals surface area contributed by atoms with Crippen LogP contribution in [-0.4, -0.2) is 26.7 Å². The normalized spacial score (nSPS) is 11.0. The van der Waals surface area contributed by atoms with E-state index in [0.29, 0.717) is 19.0 Å². The Morgan fingerprint density at radius 3 is 2.15 bits per heavy atom. The molecule has 148 valence electrons. The lowest BCUT2D eigenvalue weighted by atomic mass is 10.1. The van der Waals surface area contributed by atoms with Crippen molar-refractivity contribution >= 4 is 29.9 Å². The van der Waals surface area contributed by atoms with Gasteiger partial charge in [0.2, 0.25) is 0 Å². The number of guanidine groups is 1. The van der Waals surface area contributed by atoms with Gasteiger partial charge in [-0.3, -0.25) is 4.99 Å². The molecule has 0 amide bonds. The quantitative estimate of drug-likeness (QED) is 0.348. The van der Waals surface area contributed by atoms with Crippen molar-refractivity contribution in [1.29, 1.82) is 0 Å². The molecule has 0 heterocycles. The summed E-state index contributed by atoms with van der Waals surface area (Å²) in [6.45, 7) is 0.161. The molecule has 0 aliphatic rings. The maximum atomic E-state index is 12.5. The Hall–Kier alpha value is -2.10. The molecule has 0 atom stereocenters. The molecule has 2 aromatic carbocycles. The number of ether oxygens (including phenoxy) is 2. The SMILES string of the molecule is CN=C(NCc1ccc(C)cc1)NCc1ccc(OC)c(OC(F)F)c1.I. The number of methoxy groups -OCH3 is 1. The number of hydrogen-bond donors (Lipinski definition) is 2. The van der Waals surface area contributed by atoms with E-state index in [1.165, 1.54) is 18.7 Å². The van der Waals surface area contributed by atoms with E-state index in [0.717, 1.165) is 11.1 Å². The van der Waals surface area contributed by atoms with Crippen LogP contribution in [0.3, 0.4) is 0 Å². The first-order chi connectivity index (χ1) is 12.5. The van der Waals surface area contributed by atoms with Crippen LogP contribution in [0.25, 0.3) is 0 Å². The van der Waals surface area contributed by atoms with Crippen LogP contribution in [0, 0.1) is 6.92 Å². The molecule has 0 aliphatic carbocycles. The predicted molar refractivity (Wildman–Crippen MR) is 113 cm³/mol. The highest BCUT2D eigenvalue weighted by Crippen LogP contribution is 2.29. The second-order valence-electron chi connectivity index (χ2n) is 5.63. The van der Waals surface area contributed by atoms with E-state index in [4.69, 9.17) is 4.74 Å². The fraction of sp³-hybridized carbons (Fsp3) is 0.316. The molecule has 0 saturated heterocycles. The highest BCUT2D eigenvalue weighted by Gasteiger charge is 2.11. The summed E-state index contributed by atoms with van der Waals surface area (Å²) in [5.41, 5.74) is 3.10. The van der Waals surface area contributed by atoms with Gasteiger partial charge in [-0.2, -0.15) is 8.78 Å². The molecule has 27 heavy (non-hydrogen) atoms. The second-order valence-corrected chi connectivity index (χ2v) is 5.63. The zero-order valence-electron chi connectivity index (χ0n) is 15.5. The van der Waals surface area contributed by atoms with Gasteiger partial charge in [0.25, 0.3) is 0 Å². The molecular weight excluding hydrogens is 467 g/mol. The number of rotatable bonds is 7. The Morgan fingerprint density at radius 2 is 1.59 bits per heavy atom. The molecule has 0 aromatic heterocycles. The molecule has 2 rings (SSSR count). The molecule has 0 aliphatic heterocycles. The predicted octanol–water partition coefficient (Wildman–Crippen LogP) is 4.09. The number of alkyl halides is 2. The molecule has 2 N–H and O–H groups in total. The summed E-state index contributed by atoms with van der Waals surface area (Å²) in [6.07, 6.45) is 0. The summed E-state index contributed by atoms with van der Waals surface area (Å²) < 4.78 is 34.5. The first kappa shape index (κ1) is 22.9. The van der Waals surface area contributed by atoms with Crippen LogP contribution in [0.2, 0.25) is 0 Å². The van der Waals surface area contributed by atoms with Crippen LogP contribution in [0.5, 0.6) is 11.5 Å². The molecule has 0 saturated carbocycles. The van der Waals surface area contributed by atoms with Crippen molar-refractivity contribution in [1.82, 2.24) is 10.6 Å². The van der Waals surface area contributed by atoms with Crippen molar-refractivity contribution in [3.8, 4) is 11.5 Å². The molecule has 0 radical (unpaired) electrons. The van der Waals surface area contributed by atoms with Gasteiger partial charge in [-0.15, -0.1) is 24.0 Å². The minimum atomic E-state index is -2.91. The second kappa shape index (κ2) is 11.6. The number of hydrogen-bond acceptors (Lipinski definition) is 3. The lowest BCUT2D eigenvalue weighted by Crippen LogP contribution is -2.36. The number of nitrogens with zero attached hydrogens (tertiary/aromatic N) is 1. The average molecular weight is 491 g/mol. The number of nitrogens with one attached hydrogen (secondary N) is 2. The molecule has 0 unspecified atom stereocenters. The summed E-state index contributed by atoms with van der Waals surface area (Å²) >= 11 is 0. The lowest BCUT2D eigenvalue weighted by molar-refractivity contribution is -0.0512. The van der Waals surface area contributed by atoms with Gasteiger partial charge in [0.15, 0.2) is 17.5 Å². The molecule has 0 bridgehead atoms. The highest BCUT2D eigenvalue weighted by atomic mass is 127. The van der Waals surface area contributed by atoms with Gasteiger partial charge in [0, 0.05) is 20.1 Å². The topological polar surface area (TPSA) is 54.9 Å². The monoisotopic (exact) mass is 491 g/mol. The first-order valence-electron chi connectivity index (χ1n) is 8.13. The van der Waals surface area contributed by atoms with Crippen molar-refractivity contribution < 1.29 is 18.3 Å². The number of aliphatic imine (C=N–C) groups is 1. The van der Waals surface area contributed by atoms with E-state index < -0.39 is 6.61 Å². The van der Waals surface area contributed by atoms with Crippen LogP contribution in [0.1, 0.15) is 16.7 Å². The lowest BCUT2D eigenvalue weighted by Gasteiger charge is -2.14. The van der Waals surface area contributed by atoms with Gasteiger partial charge in [0.1, 0.15) is 0 Å². The number of halogens is 3. The Labute approximate surface area is 175 Å². The molecule has 5 nitrogen and oxygen atoms in total. The summed E-state index contributed by atoms with van der Waals surface area (Å²) in [4.78, 5) is 4.16. The van der Waals surface area contributed by atoms with E-state index in [9.17, 15) is 8.78 Å². The largest absolute Gasteiger partial charge is 0.493 e. The van der Waals surface area contributed by atoms with E-state index in [1.54, 1.807) is 19.2 Å². The third-order valence-corrected chi connectivity index (χ3v) is 3.71.